The van der Waals surface area contributed by atoms with Crippen molar-refractivity contribution in [1.82, 2.24) is 20.1 Å². The van der Waals surface area contributed by atoms with E-state index in [2.05, 4.69) is 15.5 Å². The molecule has 1 amide bonds. The lowest BCUT2D eigenvalue weighted by Crippen LogP contribution is -2.28. The van der Waals surface area contributed by atoms with Gasteiger partial charge in [-0.2, -0.15) is 0 Å². The van der Waals surface area contributed by atoms with E-state index in [4.69, 9.17) is 0 Å². The highest BCUT2D eigenvalue weighted by Crippen LogP contribution is 2.35. The number of carbonyl (C=O) groups is 1. The number of nitro benzene ring substituents is 1. The number of amides is 1. The van der Waals surface area contributed by atoms with E-state index in [0.717, 1.165) is 18.7 Å². The van der Waals surface area contributed by atoms with Gasteiger partial charge >= 0.3 is 0 Å². The summed E-state index contributed by atoms with van der Waals surface area (Å²) in [6.45, 7) is 0.389. The maximum atomic E-state index is 12.5. The first kappa shape index (κ1) is 16.9. The van der Waals surface area contributed by atoms with E-state index in [-0.39, 0.29) is 17.2 Å². The number of benzene rings is 1. The van der Waals surface area contributed by atoms with Crippen molar-refractivity contribution in [2.24, 2.45) is 0 Å². The van der Waals surface area contributed by atoms with E-state index in [0.29, 0.717) is 24.7 Å². The molecular formula is C16H20N6O3. The van der Waals surface area contributed by atoms with Crippen molar-refractivity contribution in [2.75, 3.05) is 25.5 Å². The molecule has 1 aliphatic carbocycles. The van der Waals surface area contributed by atoms with Gasteiger partial charge in [0.2, 0.25) is 0 Å². The maximum Gasteiger partial charge on any atom is 0.270 e. The number of aromatic nitrogens is 3. The van der Waals surface area contributed by atoms with Gasteiger partial charge in [0.25, 0.3) is 11.6 Å². The van der Waals surface area contributed by atoms with Crippen LogP contribution in [0.15, 0.2) is 24.5 Å². The predicted molar refractivity (Wildman–Crippen MR) is 91.8 cm³/mol. The van der Waals surface area contributed by atoms with Crippen LogP contribution >= 0.6 is 0 Å². The average Bonchev–Trinajstić information content (AvgIpc) is 3.33. The van der Waals surface area contributed by atoms with E-state index in [1.165, 1.54) is 12.1 Å². The normalized spacial score (nSPS) is 13.5. The molecule has 1 heterocycles. The first-order valence-corrected chi connectivity index (χ1v) is 8.09. The number of non-ortho nitro benzene ring substituents is 1. The molecule has 2 aromatic rings. The molecule has 132 valence electrons. The Morgan fingerprint density at radius 1 is 1.44 bits per heavy atom. The quantitative estimate of drug-likeness (QED) is 0.603. The van der Waals surface area contributed by atoms with Gasteiger partial charge in [-0.15, -0.1) is 10.2 Å². The summed E-state index contributed by atoms with van der Waals surface area (Å²) >= 11 is 0. The molecule has 0 aliphatic heterocycles. The average molecular weight is 344 g/mol. The van der Waals surface area contributed by atoms with Crippen molar-refractivity contribution in [1.29, 1.82) is 0 Å². The van der Waals surface area contributed by atoms with Crippen molar-refractivity contribution >= 4 is 17.3 Å². The van der Waals surface area contributed by atoms with Crippen LogP contribution in [0.1, 0.15) is 35.1 Å². The number of nitrogens with one attached hydrogen (secondary N) is 1. The topological polar surface area (TPSA) is 106 Å². The fourth-order valence-electron chi connectivity index (χ4n) is 2.70. The fraction of sp³-hybridized carbons (Fsp3) is 0.438. The van der Waals surface area contributed by atoms with Gasteiger partial charge in [0.15, 0.2) is 0 Å². The number of anilines is 1. The molecule has 0 bridgehead atoms. The zero-order chi connectivity index (χ0) is 18.0. The van der Waals surface area contributed by atoms with E-state index in [1.54, 1.807) is 31.4 Å². The van der Waals surface area contributed by atoms with Crippen LogP contribution in [0.2, 0.25) is 0 Å². The Kier molecular flexibility index (Phi) is 4.64. The molecule has 25 heavy (non-hydrogen) atoms. The summed E-state index contributed by atoms with van der Waals surface area (Å²) in [6, 6.07) is 4.76. The molecule has 1 saturated carbocycles. The van der Waals surface area contributed by atoms with Crippen molar-refractivity contribution in [3.8, 4) is 0 Å². The number of hydrogen-bond donors (Lipinski definition) is 1. The van der Waals surface area contributed by atoms with Gasteiger partial charge < -0.3 is 14.8 Å². The highest BCUT2D eigenvalue weighted by molar-refractivity contribution is 6.00. The van der Waals surface area contributed by atoms with Gasteiger partial charge in [0.05, 0.1) is 10.5 Å². The van der Waals surface area contributed by atoms with E-state index < -0.39 is 4.92 Å². The Labute approximate surface area is 144 Å². The molecular weight excluding hydrogens is 324 g/mol. The van der Waals surface area contributed by atoms with Crippen LogP contribution in [0.4, 0.5) is 11.4 Å². The predicted octanol–water partition coefficient (Wildman–Crippen LogP) is 1.56. The van der Waals surface area contributed by atoms with Crippen molar-refractivity contribution in [3.63, 3.8) is 0 Å². The summed E-state index contributed by atoms with van der Waals surface area (Å²) in [5.41, 5.74) is 0.802. The monoisotopic (exact) mass is 344 g/mol. The Morgan fingerprint density at radius 3 is 2.84 bits per heavy atom. The van der Waals surface area contributed by atoms with Crippen LogP contribution in [-0.4, -0.2) is 46.2 Å². The smallest absolute Gasteiger partial charge is 0.270 e. The third-order valence-electron chi connectivity index (χ3n) is 4.14. The van der Waals surface area contributed by atoms with Crippen molar-refractivity contribution in [2.45, 2.75) is 25.3 Å². The number of nitro groups is 1. The van der Waals surface area contributed by atoms with Gasteiger partial charge in [0.1, 0.15) is 12.2 Å². The molecule has 1 aromatic carbocycles. The summed E-state index contributed by atoms with van der Waals surface area (Å²) in [4.78, 5) is 24.7. The second kappa shape index (κ2) is 6.88. The lowest BCUT2D eigenvalue weighted by atomic mass is 10.1. The standard InChI is InChI=1S/C16H20N6O3/c1-20(2)14-6-5-12(22(24)25)9-13(14)16(23)17-8-7-15-19-18-10-21(15)11-3-4-11/h5-6,9-11H,3-4,7-8H2,1-2H3,(H,17,23). The van der Waals surface area contributed by atoms with Crippen LogP contribution in [0.25, 0.3) is 0 Å². The van der Waals surface area contributed by atoms with Crippen LogP contribution in [0.3, 0.4) is 0 Å². The lowest BCUT2D eigenvalue weighted by Gasteiger charge is -2.17. The molecule has 9 nitrogen and oxygen atoms in total. The Morgan fingerprint density at radius 2 is 2.20 bits per heavy atom. The lowest BCUT2D eigenvalue weighted by molar-refractivity contribution is -0.384. The zero-order valence-corrected chi connectivity index (χ0v) is 14.2. The minimum Gasteiger partial charge on any atom is -0.377 e. The molecule has 0 unspecified atom stereocenters. The first-order chi connectivity index (χ1) is 12.0. The molecule has 9 heteroatoms. The first-order valence-electron chi connectivity index (χ1n) is 8.09. The molecule has 0 saturated heterocycles. The van der Waals surface area contributed by atoms with E-state index >= 15 is 0 Å². The van der Waals surface area contributed by atoms with Crippen molar-refractivity contribution in [3.05, 3.63) is 46.0 Å². The Balaban J connectivity index is 1.68. The summed E-state index contributed by atoms with van der Waals surface area (Å²) in [6.07, 6.45) is 4.56. The van der Waals surface area contributed by atoms with Crippen LogP contribution in [0, 0.1) is 10.1 Å². The van der Waals surface area contributed by atoms with Gasteiger partial charge in [-0.05, 0) is 18.9 Å². The van der Waals surface area contributed by atoms with Crippen molar-refractivity contribution < 1.29 is 9.72 Å². The number of carbonyl (C=O) groups excluding carboxylic acids is 1. The molecule has 1 aromatic heterocycles. The van der Waals surface area contributed by atoms with Gasteiger partial charge in [-0.1, -0.05) is 0 Å². The van der Waals surface area contributed by atoms with Crippen LogP contribution < -0.4 is 10.2 Å². The third-order valence-corrected chi connectivity index (χ3v) is 4.14. The van der Waals surface area contributed by atoms with E-state index in [9.17, 15) is 14.9 Å². The van der Waals surface area contributed by atoms with Gasteiger partial charge in [-0.25, -0.2) is 0 Å². The molecule has 0 atom stereocenters. The third kappa shape index (κ3) is 3.76. The minimum absolute atomic E-state index is 0.107. The molecule has 1 fully saturated rings. The molecule has 0 radical (unpaired) electrons. The SMILES string of the molecule is CN(C)c1ccc([N+](=O)[O-])cc1C(=O)NCCc1nncn1C1CC1. The minimum atomic E-state index is -0.506. The largest absolute Gasteiger partial charge is 0.377 e. The van der Waals surface area contributed by atoms with Crippen LogP contribution in [-0.2, 0) is 6.42 Å². The van der Waals surface area contributed by atoms with Crippen LogP contribution in [0.5, 0.6) is 0 Å². The van der Waals surface area contributed by atoms with E-state index in [1.807, 2.05) is 4.57 Å². The molecule has 1 aliphatic rings. The highest BCUT2D eigenvalue weighted by atomic mass is 16.6. The second-order valence-electron chi connectivity index (χ2n) is 6.24. The molecule has 3 rings (SSSR count). The maximum absolute atomic E-state index is 12.5. The number of nitrogens with zero attached hydrogens (tertiary/aromatic N) is 5. The Hall–Kier alpha value is -2.97. The Bertz CT molecular complexity index is 797. The summed E-state index contributed by atoms with van der Waals surface area (Å²) in [5, 5.41) is 21.8. The second-order valence-corrected chi connectivity index (χ2v) is 6.24. The fourth-order valence-corrected chi connectivity index (χ4v) is 2.70. The summed E-state index contributed by atoms with van der Waals surface area (Å²) < 4.78 is 2.05. The highest BCUT2D eigenvalue weighted by Gasteiger charge is 2.26. The number of hydrogen-bond acceptors (Lipinski definition) is 6. The summed E-state index contributed by atoms with van der Waals surface area (Å²) in [5.74, 6) is 0.500. The molecule has 1 N–H and O–H groups in total. The summed E-state index contributed by atoms with van der Waals surface area (Å²) in [7, 11) is 3.58. The number of rotatable bonds is 7. The van der Waals surface area contributed by atoms with Gasteiger partial charge in [0, 0.05) is 50.9 Å². The van der Waals surface area contributed by atoms with Gasteiger partial charge in [-0.3, -0.25) is 14.9 Å². The molecule has 0 spiro atoms. The zero-order valence-electron chi connectivity index (χ0n) is 14.2.